The maximum Gasteiger partial charge on any atom is 0.238 e. The van der Waals surface area contributed by atoms with Crippen LogP contribution >= 0.6 is 11.6 Å². The van der Waals surface area contributed by atoms with E-state index in [1.807, 2.05) is 12.1 Å². The van der Waals surface area contributed by atoms with Gasteiger partial charge >= 0.3 is 0 Å². The van der Waals surface area contributed by atoms with Crippen molar-refractivity contribution in [3.63, 3.8) is 0 Å². The Bertz CT molecular complexity index is 992. The van der Waals surface area contributed by atoms with E-state index >= 15 is 0 Å². The van der Waals surface area contributed by atoms with Crippen LogP contribution in [0, 0.1) is 0 Å². The topological polar surface area (TPSA) is 73.3 Å². The Labute approximate surface area is 152 Å². The number of halogens is 1. The molecule has 25 heavy (non-hydrogen) atoms. The van der Waals surface area contributed by atoms with Crippen LogP contribution in [-0.4, -0.2) is 8.42 Å². The van der Waals surface area contributed by atoms with Crippen LogP contribution in [0.2, 0.25) is 5.02 Å². The summed E-state index contributed by atoms with van der Waals surface area (Å²) in [5.74, 6) is 0.809. The standard InChI is InChI=1S/C19H18ClNO3S/c1-2-5-17-19(13-8-10-14(20)11-9-13)16(12-24-17)15-6-3-4-7-18(15)25(21,22)23/h3-4,6-12H,2,5H2,1H3,(H2,21,22,23). The van der Waals surface area contributed by atoms with E-state index in [0.717, 1.165) is 29.7 Å². The fraction of sp³-hybridized carbons (Fsp3) is 0.158. The van der Waals surface area contributed by atoms with E-state index in [0.29, 0.717) is 16.1 Å². The van der Waals surface area contributed by atoms with Crippen LogP contribution in [0.4, 0.5) is 0 Å². The highest BCUT2D eigenvalue weighted by Crippen LogP contribution is 2.39. The van der Waals surface area contributed by atoms with E-state index in [4.69, 9.17) is 21.2 Å². The van der Waals surface area contributed by atoms with Gasteiger partial charge in [-0.25, -0.2) is 13.6 Å². The van der Waals surface area contributed by atoms with Gasteiger partial charge in [-0.05, 0) is 30.2 Å². The van der Waals surface area contributed by atoms with Gasteiger partial charge in [-0.2, -0.15) is 0 Å². The molecule has 0 spiro atoms. The lowest BCUT2D eigenvalue weighted by Crippen LogP contribution is -2.13. The van der Waals surface area contributed by atoms with Gasteiger partial charge in [0.15, 0.2) is 0 Å². The van der Waals surface area contributed by atoms with Gasteiger partial charge in [-0.3, -0.25) is 0 Å². The first-order valence-corrected chi connectivity index (χ1v) is 9.82. The summed E-state index contributed by atoms with van der Waals surface area (Å²) in [6.45, 7) is 2.06. The van der Waals surface area contributed by atoms with Crippen molar-refractivity contribution < 1.29 is 12.8 Å². The Kier molecular flexibility index (Phi) is 4.99. The van der Waals surface area contributed by atoms with Crippen LogP contribution in [0.5, 0.6) is 0 Å². The molecule has 0 bridgehead atoms. The van der Waals surface area contributed by atoms with Gasteiger partial charge in [0.25, 0.3) is 0 Å². The Morgan fingerprint density at radius 1 is 1.04 bits per heavy atom. The third kappa shape index (κ3) is 3.63. The van der Waals surface area contributed by atoms with Crippen molar-refractivity contribution in [3.05, 3.63) is 65.6 Å². The molecule has 1 aromatic heterocycles. The fourth-order valence-electron chi connectivity index (χ4n) is 2.88. The molecular weight excluding hydrogens is 358 g/mol. The van der Waals surface area contributed by atoms with Crippen LogP contribution in [-0.2, 0) is 16.4 Å². The molecule has 130 valence electrons. The number of sulfonamides is 1. The second kappa shape index (κ2) is 7.04. The summed E-state index contributed by atoms with van der Waals surface area (Å²) in [6, 6.07) is 14.1. The molecule has 0 amide bonds. The van der Waals surface area contributed by atoms with Gasteiger partial charge in [0.05, 0.1) is 11.2 Å². The smallest absolute Gasteiger partial charge is 0.238 e. The molecule has 0 unspecified atom stereocenters. The zero-order valence-corrected chi connectivity index (χ0v) is 15.3. The van der Waals surface area contributed by atoms with E-state index in [2.05, 4.69) is 6.92 Å². The number of aryl methyl sites for hydroxylation is 1. The number of nitrogens with two attached hydrogens (primary N) is 1. The number of rotatable bonds is 5. The molecule has 0 aliphatic rings. The van der Waals surface area contributed by atoms with Gasteiger partial charge in [-0.15, -0.1) is 0 Å². The van der Waals surface area contributed by atoms with Crippen molar-refractivity contribution in [3.8, 4) is 22.3 Å². The number of furan rings is 1. The summed E-state index contributed by atoms with van der Waals surface area (Å²) in [5.41, 5.74) is 3.02. The first-order chi connectivity index (χ1) is 11.9. The van der Waals surface area contributed by atoms with E-state index in [1.165, 1.54) is 6.07 Å². The van der Waals surface area contributed by atoms with E-state index in [9.17, 15) is 8.42 Å². The highest BCUT2D eigenvalue weighted by molar-refractivity contribution is 7.89. The molecule has 4 nitrogen and oxygen atoms in total. The molecule has 2 N–H and O–H groups in total. The summed E-state index contributed by atoms with van der Waals surface area (Å²) < 4.78 is 29.7. The van der Waals surface area contributed by atoms with Crippen molar-refractivity contribution in [1.29, 1.82) is 0 Å². The second-order valence-electron chi connectivity index (χ2n) is 5.75. The molecular formula is C19H18ClNO3S. The molecule has 3 rings (SSSR count). The SMILES string of the molecule is CCCc1occ(-c2ccccc2S(N)(=O)=O)c1-c1ccc(Cl)cc1. The Balaban J connectivity index is 2.27. The van der Waals surface area contributed by atoms with Crippen LogP contribution < -0.4 is 5.14 Å². The first kappa shape index (κ1) is 17.7. The minimum Gasteiger partial charge on any atom is -0.468 e. The lowest BCUT2D eigenvalue weighted by Gasteiger charge is -2.10. The maximum atomic E-state index is 12.0. The van der Waals surface area contributed by atoms with Crippen LogP contribution in [0.1, 0.15) is 19.1 Å². The van der Waals surface area contributed by atoms with E-state index in [-0.39, 0.29) is 4.90 Å². The normalized spacial score (nSPS) is 11.6. The quantitative estimate of drug-likeness (QED) is 0.691. The highest BCUT2D eigenvalue weighted by Gasteiger charge is 2.22. The zero-order valence-electron chi connectivity index (χ0n) is 13.7. The number of hydrogen-bond donors (Lipinski definition) is 1. The monoisotopic (exact) mass is 375 g/mol. The third-order valence-corrected chi connectivity index (χ3v) is 5.18. The Hall–Kier alpha value is -2.08. The minimum absolute atomic E-state index is 0.0778. The molecule has 0 saturated carbocycles. The highest BCUT2D eigenvalue weighted by atomic mass is 35.5. The Morgan fingerprint density at radius 2 is 1.72 bits per heavy atom. The van der Waals surface area contributed by atoms with Crippen LogP contribution in [0.3, 0.4) is 0 Å². The summed E-state index contributed by atoms with van der Waals surface area (Å²) in [4.78, 5) is 0.0778. The Morgan fingerprint density at radius 3 is 2.36 bits per heavy atom. The van der Waals surface area contributed by atoms with Gasteiger partial charge in [-0.1, -0.05) is 48.9 Å². The van der Waals surface area contributed by atoms with Crippen LogP contribution in [0.25, 0.3) is 22.3 Å². The largest absolute Gasteiger partial charge is 0.468 e. The third-order valence-electron chi connectivity index (χ3n) is 3.96. The zero-order chi connectivity index (χ0) is 18.0. The number of hydrogen-bond acceptors (Lipinski definition) is 3. The molecule has 0 fully saturated rings. The van der Waals surface area contributed by atoms with Gasteiger partial charge in [0.1, 0.15) is 5.76 Å². The molecule has 0 radical (unpaired) electrons. The van der Waals surface area contributed by atoms with E-state index < -0.39 is 10.0 Å². The molecule has 0 aliphatic heterocycles. The summed E-state index contributed by atoms with van der Waals surface area (Å²) in [6.07, 6.45) is 3.25. The molecule has 6 heteroatoms. The van der Waals surface area contributed by atoms with Crippen molar-refractivity contribution in [2.75, 3.05) is 0 Å². The molecule has 2 aromatic carbocycles. The average molecular weight is 376 g/mol. The van der Waals surface area contributed by atoms with Gasteiger partial charge in [0, 0.05) is 28.1 Å². The molecule has 3 aromatic rings. The average Bonchev–Trinajstić information content (AvgIpc) is 2.99. The predicted molar refractivity (Wildman–Crippen MR) is 100.0 cm³/mol. The molecule has 0 aliphatic carbocycles. The first-order valence-electron chi connectivity index (χ1n) is 7.90. The van der Waals surface area contributed by atoms with Crippen molar-refractivity contribution in [2.45, 2.75) is 24.7 Å². The van der Waals surface area contributed by atoms with E-state index in [1.54, 1.807) is 36.6 Å². The van der Waals surface area contributed by atoms with Crippen molar-refractivity contribution in [2.24, 2.45) is 5.14 Å². The van der Waals surface area contributed by atoms with Crippen LogP contribution in [0.15, 0.2) is 64.1 Å². The number of benzene rings is 2. The lowest BCUT2D eigenvalue weighted by molar-refractivity contribution is 0.508. The van der Waals surface area contributed by atoms with Crippen molar-refractivity contribution in [1.82, 2.24) is 0 Å². The second-order valence-corrected chi connectivity index (χ2v) is 7.71. The minimum atomic E-state index is -3.85. The summed E-state index contributed by atoms with van der Waals surface area (Å²) in [5, 5.41) is 6.03. The summed E-state index contributed by atoms with van der Waals surface area (Å²) >= 11 is 6.00. The maximum absolute atomic E-state index is 12.0. The van der Waals surface area contributed by atoms with Crippen molar-refractivity contribution >= 4 is 21.6 Å². The number of primary sulfonamides is 1. The fourth-order valence-corrected chi connectivity index (χ4v) is 3.76. The van der Waals surface area contributed by atoms with Gasteiger partial charge in [0.2, 0.25) is 10.0 Å². The molecule has 0 atom stereocenters. The summed E-state index contributed by atoms with van der Waals surface area (Å²) in [7, 11) is -3.85. The predicted octanol–water partition coefficient (Wildman–Crippen LogP) is 4.87. The molecule has 1 heterocycles. The van der Waals surface area contributed by atoms with Gasteiger partial charge < -0.3 is 4.42 Å². The lowest BCUT2D eigenvalue weighted by atomic mass is 9.95. The molecule has 0 saturated heterocycles.